The van der Waals surface area contributed by atoms with E-state index in [1.165, 1.54) is 12.1 Å². The molecule has 0 bridgehead atoms. The van der Waals surface area contributed by atoms with Crippen LogP contribution in [0.25, 0.3) is 10.8 Å². The molecule has 5 nitrogen and oxygen atoms in total. The van der Waals surface area contributed by atoms with Crippen LogP contribution in [0.15, 0.2) is 47.4 Å². The first-order chi connectivity index (χ1) is 8.00. The molecule has 19 heavy (non-hydrogen) atoms. The van der Waals surface area contributed by atoms with Crippen LogP contribution in [0.5, 0.6) is 0 Å². The van der Waals surface area contributed by atoms with E-state index in [9.17, 15) is 13.2 Å². The second-order valence-corrected chi connectivity index (χ2v) is 4.80. The first-order valence-electron chi connectivity index (χ1n) is 4.66. The van der Waals surface area contributed by atoms with Crippen molar-refractivity contribution < 1.29 is 22.5 Å². The van der Waals surface area contributed by atoms with E-state index in [2.05, 4.69) is 4.18 Å². The summed E-state index contributed by atoms with van der Waals surface area (Å²) in [7, 11) is -4.29. The van der Waals surface area contributed by atoms with Gasteiger partial charge >= 0.3 is 83.6 Å². The fourth-order valence-corrected chi connectivity index (χ4v) is 2.53. The zero-order chi connectivity index (χ0) is 12.5. The molecule has 0 aliphatic carbocycles. The number of hydrogen-bond donors (Lipinski definition) is 1. The molecule has 0 atom stereocenters. The Morgan fingerprint density at radius 3 is 2.26 bits per heavy atom. The molecule has 0 saturated carbocycles. The van der Waals surface area contributed by atoms with Crippen molar-refractivity contribution in [2.75, 3.05) is 0 Å². The summed E-state index contributed by atoms with van der Waals surface area (Å²) in [6, 6.07) is 11.3. The molecule has 0 unspecified atom stereocenters. The van der Waals surface area contributed by atoms with Crippen molar-refractivity contribution in [1.82, 2.24) is 0 Å². The topological polar surface area (TPSA) is 80.7 Å². The molecule has 2 rings (SSSR count). The van der Waals surface area contributed by atoms with Gasteiger partial charge in [0.05, 0.1) is 0 Å². The SMILES string of the molecule is O=C(O)OS(=O)(=O)c1cccc2ccccc12.[CaH2].[NaH]. The quantitative estimate of drug-likeness (QED) is 0.650. The minimum atomic E-state index is -4.29. The van der Waals surface area contributed by atoms with Gasteiger partial charge in [-0.25, -0.2) is 4.79 Å². The van der Waals surface area contributed by atoms with Crippen molar-refractivity contribution in [3.05, 3.63) is 42.5 Å². The van der Waals surface area contributed by atoms with Crippen molar-refractivity contribution >= 4 is 94.3 Å². The summed E-state index contributed by atoms with van der Waals surface area (Å²) < 4.78 is 27.2. The molecular formula is C11H11CaNaO5S. The van der Waals surface area contributed by atoms with Crippen LogP contribution in [0.3, 0.4) is 0 Å². The Balaban J connectivity index is 0.00000162. The number of carbonyl (C=O) groups is 1. The normalized spacial score (nSPS) is 10.1. The second-order valence-electron chi connectivity index (χ2n) is 3.28. The van der Waals surface area contributed by atoms with Gasteiger partial charge in [0.1, 0.15) is 4.90 Å². The van der Waals surface area contributed by atoms with E-state index in [0.717, 1.165) is 0 Å². The second kappa shape index (κ2) is 7.83. The Morgan fingerprint density at radius 1 is 1.05 bits per heavy atom. The van der Waals surface area contributed by atoms with Gasteiger partial charge in [0.15, 0.2) is 0 Å². The summed E-state index contributed by atoms with van der Waals surface area (Å²) >= 11 is 0. The summed E-state index contributed by atoms with van der Waals surface area (Å²) in [4.78, 5) is 10.2. The molecule has 0 heterocycles. The predicted molar refractivity (Wildman–Crippen MR) is 75.9 cm³/mol. The summed E-state index contributed by atoms with van der Waals surface area (Å²) in [5.74, 6) is 0. The Hall–Kier alpha value is 0.180. The van der Waals surface area contributed by atoms with Gasteiger partial charge in [-0.05, 0) is 11.5 Å². The van der Waals surface area contributed by atoms with Crippen LogP contribution in [0, 0.1) is 0 Å². The summed E-state index contributed by atoms with van der Waals surface area (Å²) in [6.07, 6.45) is -1.85. The number of rotatable bonds is 2. The molecule has 0 aromatic heterocycles. The molecule has 0 spiro atoms. The van der Waals surface area contributed by atoms with Gasteiger partial charge in [-0.15, -0.1) is 0 Å². The Labute approximate surface area is 162 Å². The Bertz CT molecular complexity index is 681. The molecule has 0 aliphatic rings. The van der Waals surface area contributed by atoms with Crippen LogP contribution in [-0.4, -0.2) is 87.0 Å². The van der Waals surface area contributed by atoms with Crippen LogP contribution in [0.4, 0.5) is 4.79 Å². The number of fused-ring (bicyclic) bond motifs is 1. The van der Waals surface area contributed by atoms with E-state index in [1.807, 2.05) is 0 Å². The molecule has 0 amide bonds. The standard InChI is InChI=1S/C11H8O5S.Ca.Na.3H/c12-11(13)16-17(14,15)10-7-3-5-8-4-1-2-6-9(8)10;;;;;/h1-7H,(H,12,13);;;;;. The van der Waals surface area contributed by atoms with Crippen molar-refractivity contribution in [3.8, 4) is 0 Å². The Kier molecular flexibility index (Phi) is 7.90. The van der Waals surface area contributed by atoms with Gasteiger partial charge in [0.2, 0.25) is 0 Å². The number of carboxylic acid groups (broad SMARTS) is 1. The monoisotopic (exact) mass is 318 g/mol. The molecule has 94 valence electrons. The van der Waals surface area contributed by atoms with Gasteiger partial charge in [0, 0.05) is 5.39 Å². The predicted octanol–water partition coefficient (Wildman–Crippen LogP) is 0.658. The van der Waals surface area contributed by atoms with Crippen molar-refractivity contribution in [2.45, 2.75) is 4.90 Å². The van der Waals surface area contributed by atoms with Gasteiger partial charge in [-0.2, -0.15) is 8.42 Å². The Morgan fingerprint density at radius 2 is 1.63 bits per heavy atom. The minimum absolute atomic E-state index is 0. The molecule has 0 aliphatic heterocycles. The van der Waals surface area contributed by atoms with E-state index >= 15 is 0 Å². The van der Waals surface area contributed by atoms with Crippen LogP contribution in [-0.2, 0) is 14.3 Å². The maximum atomic E-state index is 11.7. The molecule has 8 heteroatoms. The van der Waals surface area contributed by atoms with Crippen molar-refractivity contribution in [1.29, 1.82) is 0 Å². The first-order valence-corrected chi connectivity index (χ1v) is 6.07. The van der Waals surface area contributed by atoms with E-state index in [0.29, 0.717) is 10.8 Å². The molecule has 0 fully saturated rings. The molecule has 2 aromatic carbocycles. The zero-order valence-electron chi connectivity index (χ0n) is 8.53. The van der Waals surface area contributed by atoms with E-state index in [1.54, 1.807) is 30.3 Å². The molecular weight excluding hydrogens is 307 g/mol. The van der Waals surface area contributed by atoms with Crippen LogP contribution in [0.1, 0.15) is 0 Å². The number of benzene rings is 2. The van der Waals surface area contributed by atoms with Gasteiger partial charge < -0.3 is 9.29 Å². The first kappa shape index (κ1) is 19.2. The fourth-order valence-electron chi connectivity index (χ4n) is 1.55. The van der Waals surface area contributed by atoms with Gasteiger partial charge in [0.25, 0.3) is 0 Å². The van der Waals surface area contributed by atoms with Gasteiger partial charge in [-0.1, -0.05) is 36.4 Å². The number of hydrogen-bond acceptors (Lipinski definition) is 4. The molecule has 1 N–H and O–H groups in total. The van der Waals surface area contributed by atoms with Gasteiger partial charge in [-0.3, -0.25) is 0 Å². The fraction of sp³-hybridized carbons (Fsp3) is 0. The average Bonchev–Trinajstić information content (AvgIpc) is 2.26. The third-order valence-electron chi connectivity index (χ3n) is 2.20. The van der Waals surface area contributed by atoms with Crippen LogP contribution < -0.4 is 0 Å². The maximum absolute atomic E-state index is 11.7. The van der Waals surface area contributed by atoms with Crippen molar-refractivity contribution in [3.63, 3.8) is 0 Å². The molecule has 2 aromatic rings. The van der Waals surface area contributed by atoms with E-state index in [4.69, 9.17) is 5.11 Å². The van der Waals surface area contributed by atoms with Crippen molar-refractivity contribution in [2.24, 2.45) is 0 Å². The summed E-state index contributed by atoms with van der Waals surface area (Å²) in [6.45, 7) is 0. The molecule has 0 saturated heterocycles. The third kappa shape index (κ3) is 4.60. The third-order valence-corrected chi connectivity index (χ3v) is 3.46. The summed E-state index contributed by atoms with van der Waals surface area (Å²) in [5, 5.41) is 9.51. The zero-order valence-corrected chi connectivity index (χ0v) is 9.35. The van der Waals surface area contributed by atoms with E-state index < -0.39 is 16.3 Å². The van der Waals surface area contributed by atoms with Crippen LogP contribution >= 0.6 is 0 Å². The molecule has 0 radical (unpaired) electrons. The van der Waals surface area contributed by atoms with Crippen LogP contribution in [0.2, 0.25) is 0 Å². The van der Waals surface area contributed by atoms with E-state index in [-0.39, 0.29) is 72.2 Å². The average molecular weight is 318 g/mol. The summed E-state index contributed by atoms with van der Waals surface area (Å²) in [5.41, 5.74) is 0.